The third-order valence-corrected chi connectivity index (χ3v) is 2.75. The van der Waals surface area contributed by atoms with Crippen molar-refractivity contribution >= 4 is 23.6 Å². The Morgan fingerprint density at radius 2 is 1.95 bits per heavy atom. The number of nitro benzene ring substituents is 1. The molecule has 0 fully saturated rings. The summed E-state index contributed by atoms with van der Waals surface area (Å²) < 4.78 is 0. The van der Waals surface area contributed by atoms with Gasteiger partial charge in [0.25, 0.3) is 5.69 Å². The molecule has 1 aromatic carbocycles. The van der Waals surface area contributed by atoms with Crippen LogP contribution in [0.1, 0.15) is 5.56 Å². The van der Waals surface area contributed by atoms with E-state index in [2.05, 4.69) is 0 Å². The summed E-state index contributed by atoms with van der Waals surface area (Å²) in [6.07, 6.45) is 2.76. The maximum atomic E-state index is 11.8. The molecule has 0 aliphatic heterocycles. The van der Waals surface area contributed by atoms with Gasteiger partial charge in [-0.2, -0.15) is 0 Å². The molecule has 0 spiro atoms. The van der Waals surface area contributed by atoms with Crippen molar-refractivity contribution in [2.75, 3.05) is 27.7 Å². The molecule has 0 N–H and O–H groups in total. The van der Waals surface area contributed by atoms with Crippen molar-refractivity contribution in [1.82, 2.24) is 9.80 Å². The SMILES string of the molecule is CN(C)C(=O)CN(C)C(=O)/C=C/c1cccc([N+](=O)[O-])c1. The summed E-state index contributed by atoms with van der Waals surface area (Å²) in [5.74, 6) is -0.536. The van der Waals surface area contributed by atoms with E-state index in [-0.39, 0.29) is 24.0 Å². The minimum Gasteiger partial charge on any atom is -0.347 e. The Morgan fingerprint density at radius 3 is 2.52 bits per heavy atom. The fourth-order valence-corrected chi connectivity index (χ4v) is 1.46. The number of rotatable bonds is 5. The molecule has 0 saturated carbocycles. The van der Waals surface area contributed by atoms with E-state index in [0.29, 0.717) is 5.56 Å². The molecule has 21 heavy (non-hydrogen) atoms. The summed E-state index contributed by atoms with van der Waals surface area (Å²) in [7, 11) is 4.74. The molecule has 0 bridgehead atoms. The van der Waals surface area contributed by atoms with Crippen LogP contribution < -0.4 is 0 Å². The van der Waals surface area contributed by atoms with Crippen LogP contribution >= 0.6 is 0 Å². The second-order valence-electron chi connectivity index (χ2n) is 4.67. The molecular weight excluding hydrogens is 274 g/mol. The highest BCUT2D eigenvalue weighted by atomic mass is 16.6. The van der Waals surface area contributed by atoms with Crippen LogP contribution in [0.4, 0.5) is 5.69 Å². The molecule has 0 aliphatic rings. The lowest BCUT2D eigenvalue weighted by molar-refractivity contribution is -0.384. The number of benzene rings is 1. The van der Waals surface area contributed by atoms with Gasteiger partial charge in [0.05, 0.1) is 11.5 Å². The maximum Gasteiger partial charge on any atom is 0.270 e. The van der Waals surface area contributed by atoms with E-state index in [1.165, 1.54) is 41.1 Å². The number of likely N-dealkylation sites (N-methyl/N-ethyl adjacent to an activating group) is 2. The highest BCUT2D eigenvalue weighted by Crippen LogP contribution is 2.14. The third-order valence-electron chi connectivity index (χ3n) is 2.75. The minimum atomic E-state index is -0.499. The zero-order chi connectivity index (χ0) is 16.0. The largest absolute Gasteiger partial charge is 0.347 e. The number of nitro groups is 1. The molecule has 1 rings (SSSR count). The van der Waals surface area contributed by atoms with Gasteiger partial charge in [0.1, 0.15) is 0 Å². The zero-order valence-corrected chi connectivity index (χ0v) is 12.1. The average Bonchev–Trinajstić information content (AvgIpc) is 2.44. The Kier molecular flexibility index (Phi) is 5.59. The van der Waals surface area contributed by atoms with Gasteiger partial charge < -0.3 is 9.80 Å². The van der Waals surface area contributed by atoms with Crippen LogP contribution in [0.15, 0.2) is 30.3 Å². The standard InChI is InChI=1S/C14H17N3O4/c1-15(2)14(19)10-16(3)13(18)8-7-11-5-4-6-12(9-11)17(20)21/h4-9H,10H2,1-3H3/b8-7+. The van der Waals surface area contributed by atoms with Gasteiger partial charge in [0, 0.05) is 39.4 Å². The van der Waals surface area contributed by atoms with Crippen LogP contribution in [0.3, 0.4) is 0 Å². The first kappa shape index (κ1) is 16.4. The van der Waals surface area contributed by atoms with Gasteiger partial charge in [-0.1, -0.05) is 12.1 Å². The summed E-state index contributed by atoms with van der Waals surface area (Å²) in [4.78, 5) is 36.1. The van der Waals surface area contributed by atoms with E-state index < -0.39 is 4.92 Å². The molecule has 112 valence electrons. The van der Waals surface area contributed by atoms with E-state index in [0.717, 1.165) is 0 Å². The Hall–Kier alpha value is -2.70. The van der Waals surface area contributed by atoms with Crippen molar-refractivity contribution in [3.63, 3.8) is 0 Å². The third kappa shape index (κ3) is 5.06. The number of non-ortho nitro benzene ring substituents is 1. The summed E-state index contributed by atoms with van der Waals surface area (Å²) in [6, 6.07) is 5.94. The van der Waals surface area contributed by atoms with E-state index in [1.54, 1.807) is 26.2 Å². The quantitative estimate of drug-likeness (QED) is 0.463. The van der Waals surface area contributed by atoms with Crippen molar-refractivity contribution < 1.29 is 14.5 Å². The van der Waals surface area contributed by atoms with Gasteiger partial charge in [-0.25, -0.2) is 0 Å². The van der Waals surface area contributed by atoms with Crippen molar-refractivity contribution in [2.24, 2.45) is 0 Å². The smallest absolute Gasteiger partial charge is 0.270 e. The van der Waals surface area contributed by atoms with Crippen molar-refractivity contribution in [3.05, 3.63) is 46.0 Å². The van der Waals surface area contributed by atoms with Gasteiger partial charge in [-0.05, 0) is 11.6 Å². The highest BCUT2D eigenvalue weighted by molar-refractivity contribution is 5.94. The lowest BCUT2D eigenvalue weighted by Crippen LogP contribution is -2.36. The fourth-order valence-electron chi connectivity index (χ4n) is 1.46. The van der Waals surface area contributed by atoms with E-state index in [4.69, 9.17) is 0 Å². The Morgan fingerprint density at radius 1 is 1.29 bits per heavy atom. The molecular formula is C14H17N3O4. The van der Waals surface area contributed by atoms with Gasteiger partial charge in [-0.3, -0.25) is 19.7 Å². The summed E-state index contributed by atoms with van der Waals surface area (Å²) in [5, 5.41) is 10.6. The maximum absolute atomic E-state index is 11.8. The van der Waals surface area contributed by atoms with Gasteiger partial charge in [0.15, 0.2) is 0 Å². The number of hydrogen-bond donors (Lipinski definition) is 0. The minimum absolute atomic E-state index is 0.0227. The Bertz CT molecular complexity index is 581. The predicted octanol–water partition coefficient (Wildman–Crippen LogP) is 1.15. The molecule has 0 atom stereocenters. The first-order valence-electron chi connectivity index (χ1n) is 6.19. The molecule has 0 aromatic heterocycles. The van der Waals surface area contributed by atoms with E-state index in [9.17, 15) is 19.7 Å². The van der Waals surface area contributed by atoms with Crippen LogP contribution in [0.25, 0.3) is 6.08 Å². The van der Waals surface area contributed by atoms with Crippen LogP contribution in [0.5, 0.6) is 0 Å². The Balaban J connectivity index is 2.71. The van der Waals surface area contributed by atoms with Crippen LogP contribution in [0.2, 0.25) is 0 Å². The van der Waals surface area contributed by atoms with E-state index in [1.807, 2.05) is 0 Å². The monoisotopic (exact) mass is 291 g/mol. The second-order valence-corrected chi connectivity index (χ2v) is 4.67. The zero-order valence-electron chi connectivity index (χ0n) is 12.1. The first-order valence-corrected chi connectivity index (χ1v) is 6.19. The molecule has 2 amide bonds. The summed E-state index contributed by atoms with van der Waals surface area (Å²) >= 11 is 0. The highest BCUT2D eigenvalue weighted by Gasteiger charge is 2.11. The van der Waals surface area contributed by atoms with E-state index >= 15 is 0 Å². The van der Waals surface area contributed by atoms with Gasteiger partial charge in [0.2, 0.25) is 11.8 Å². The molecule has 0 heterocycles. The van der Waals surface area contributed by atoms with Crippen LogP contribution in [-0.2, 0) is 9.59 Å². The lowest BCUT2D eigenvalue weighted by atomic mass is 10.2. The van der Waals surface area contributed by atoms with Gasteiger partial charge in [-0.15, -0.1) is 0 Å². The number of nitrogens with zero attached hydrogens (tertiary/aromatic N) is 3. The molecule has 0 radical (unpaired) electrons. The number of amides is 2. The summed E-state index contributed by atoms with van der Waals surface area (Å²) in [5.41, 5.74) is 0.505. The molecule has 0 unspecified atom stereocenters. The molecule has 0 aliphatic carbocycles. The van der Waals surface area contributed by atoms with Crippen molar-refractivity contribution in [3.8, 4) is 0 Å². The van der Waals surface area contributed by atoms with Crippen molar-refractivity contribution in [2.45, 2.75) is 0 Å². The first-order chi connectivity index (χ1) is 9.81. The normalized spacial score (nSPS) is 10.4. The molecule has 7 nitrogen and oxygen atoms in total. The van der Waals surface area contributed by atoms with Crippen LogP contribution in [-0.4, -0.2) is 54.2 Å². The lowest BCUT2D eigenvalue weighted by Gasteiger charge is -2.17. The summed E-state index contributed by atoms with van der Waals surface area (Å²) in [6.45, 7) is -0.0227. The second kappa shape index (κ2) is 7.18. The fraction of sp³-hybridized carbons (Fsp3) is 0.286. The molecule has 0 saturated heterocycles. The molecule has 7 heteroatoms. The average molecular weight is 291 g/mol. The topological polar surface area (TPSA) is 83.8 Å². The molecule has 1 aromatic rings. The van der Waals surface area contributed by atoms with Crippen LogP contribution in [0, 0.1) is 10.1 Å². The van der Waals surface area contributed by atoms with Gasteiger partial charge >= 0.3 is 0 Å². The number of hydrogen-bond acceptors (Lipinski definition) is 4. The number of carbonyl (C=O) groups excluding carboxylic acids is 2. The number of carbonyl (C=O) groups is 2. The Labute approximate surface area is 122 Å². The predicted molar refractivity (Wildman–Crippen MR) is 78.5 cm³/mol. The van der Waals surface area contributed by atoms with Crippen molar-refractivity contribution in [1.29, 1.82) is 0 Å².